The normalized spacial score (nSPS) is 12.6. The number of quaternary nitrogens is 1. The Kier molecular flexibility index (Phi) is 6.44. The van der Waals surface area contributed by atoms with Gasteiger partial charge in [-0.15, -0.1) is 0 Å². The number of rotatable bonds is 1. The van der Waals surface area contributed by atoms with E-state index in [9.17, 15) is 36.2 Å². The van der Waals surface area contributed by atoms with Crippen LogP contribution in [0.15, 0.2) is 5.10 Å². The summed E-state index contributed by atoms with van der Waals surface area (Å²) in [5.74, 6) is 1.42. The lowest BCUT2D eigenvalue weighted by Crippen LogP contribution is -2.59. The molecule has 0 aliphatic rings. The summed E-state index contributed by atoms with van der Waals surface area (Å²) in [6.45, 7) is 0. The molecule has 16 heavy (non-hydrogen) atoms. The monoisotopic (exact) mass is 256 g/mol. The Bertz CT molecular complexity index is 258. The second-order valence-electron chi connectivity index (χ2n) is 1.85. The summed E-state index contributed by atoms with van der Waals surface area (Å²) in [5.41, 5.74) is 0.420. The molecule has 0 aromatic rings. The minimum atomic E-state index is -5.42. The largest absolute Gasteiger partial charge is 0.854 e. The van der Waals surface area contributed by atoms with Crippen LogP contribution in [0, 0.1) is 0 Å². The van der Waals surface area contributed by atoms with E-state index in [0.717, 1.165) is 0 Å². The molecule has 12 heteroatoms. The van der Waals surface area contributed by atoms with Crippen molar-refractivity contribution in [3.05, 3.63) is 0 Å². The Morgan fingerprint density at radius 1 is 1.12 bits per heavy atom. The summed E-state index contributed by atoms with van der Waals surface area (Å²) in [6.07, 6.45) is -10.8. The maximum Gasteiger partial charge on any atom is 0.473 e. The van der Waals surface area contributed by atoms with Gasteiger partial charge in [0.2, 0.25) is 0 Å². The Morgan fingerprint density at radius 3 is 1.75 bits per heavy atom. The van der Waals surface area contributed by atoms with E-state index in [1.54, 1.807) is 5.10 Å². The van der Waals surface area contributed by atoms with Crippen LogP contribution in [-0.2, 0) is 4.79 Å². The first-order chi connectivity index (χ1) is 7.05. The molecule has 0 aromatic heterocycles. The molecule has 0 saturated carbocycles. The Labute approximate surface area is 83.9 Å². The van der Waals surface area contributed by atoms with Crippen molar-refractivity contribution >= 4 is 11.8 Å². The minimum absolute atomic E-state index is 0.420. The Balaban J connectivity index is 0. The first kappa shape index (κ1) is 16.9. The number of hydrogen-bond acceptors (Lipinski definition) is 4. The summed E-state index contributed by atoms with van der Waals surface area (Å²) in [7, 11) is 0. The second kappa shape index (κ2) is 6.12. The van der Waals surface area contributed by atoms with Gasteiger partial charge in [0, 0.05) is 0 Å². The maximum atomic E-state index is 11.3. The SMILES string of the molecule is N[NH3+].O=C(NN=C([O-])C(F)(F)F)C(F)(F)F. The number of hydrogen-bond donors (Lipinski definition) is 3. The first-order valence-corrected chi connectivity index (χ1v) is 3.15. The number of carbonyl (C=O) groups excluding carboxylic acids is 1. The van der Waals surface area contributed by atoms with Crippen molar-refractivity contribution in [1.82, 2.24) is 5.43 Å². The third kappa shape index (κ3) is 6.83. The highest BCUT2D eigenvalue weighted by Crippen LogP contribution is 2.15. The fourth-order valence-corrected chi connectivity index (χ4v) is 0.228. The molecule has 0 unspecified atom stereocenters. The highest BCUT2D eigenvalue weighted by atomic mass is 19.4. The van der Waals surface area contributed by atoms with E-state index in [-0.39, 0.29) is 0 Å². The highest BCUT2D eigenvalue weighted by molar-refractivity contribution is 5.84. The molecule has 1 amide bonds. The van der Waals surface area contributed by atoms with Crippen LogP contribution in [-0.4, -0.2) is 24.2 Å². The number of alkyl halides is 6. The number of amides is 1. The van der Waals surface area contributed by atoms with Crippen molar-refractivity contribution in [3.8, 4) is 0 Å². The fraction of sp³-hybridized carbons (Fsp3) is 0.500. The van der Waals surface area contributed by atoms with Gasteiger partial charge < -0.3 is 5.11 Å². The Hall–Kier alpha value is -1.56. The summed E-state index contributed by atoms with van der Waals surface area (Å²) in [6, 6.07) is 0. The molecule has 0 bridgehead atoms. The summed E-state index contributed by atoms with van der Waals surface area (Å²) < 4.78 is 68.0. The van der Waals surface area contributed by atoms with Crippen LogP contribution in [0.3, 0.4) is 0 Å². The zero-order valence-corrected chi connectivity index (χ0v) is 7.32. The number of hydrazone groups is 1. The average Bonchev–Trinajstić information content (AvgIpc) is 2.13. The molecule has 6 N–H and O–H groups in total. The summed E-state index contributed by atoms with van der Waals surface area (Å²) >= 11 is 0. The van der Waals surface area contributed by atoms with E-state index < -0.39 is 24.2 Å². The van der Waals surface area contributed by atoms with E-state index in [1.807, 2.05) is 0 Å². The van der Waals surface area contributed by atoms with Crippen molar-refractivity contribution in [2.24, 2.45) is 10.9 Å². The lowest BCUT2D eigenvalue weighted by Gasteiger charge is -2.13. The highest BCUT2D eigenvalue weighted by Gasteiger charge is 2.39. The van der Waals surface area contributed by atoms with Crippen molar-refractivity contribution in [2.45, 2.75) is 12.4 Å². The topological polar surface area (TPSA) is 118 Å². The van der Waals surface area contributed by atoms with E-state index in [2.05, 4.69) is 11.7 Å². The number of nitrogens with two attached hydrogens (primary N) is 1. The van der Waals surface area contributed by atoms with Crippen LogP contribution in [0.25, 0.3) is 0 Å². The zero-order valence-electron chi connectivity index (χ0n) is 7.32. The van der Waals surface area contributed by atoms with Crippen molar-refractivity contribution in [1.29, 1.82) is 0 Å². The van der Waals surface area contributed by atoms with Crippen molar-refractivity contribution < 1.29 is 42.1 Å². The lowest BCUT2D eigenvalue weighted by molar-refractivity contribution is -0.379. The van der Waals surface area contributed by atoms with Gasteiger partial charge in [-0.3, -0.25) is 10.6 Å². The predicted molar refractivity (Wildman–Crippen MR) is 34.8 cm³/mol. The molecular weight excluding hydrogens is 250 g/mol. The van der Waals surface area contributed by atoms with Gasteiger partial charge in [0.25, 0.3) is 0 Å². The molecule has 96 valence electrons. The standard InChI is InChI=1S/C4H2F6N2O2.H4N2/c5-3(6,7)1(13)11-12-2(14)4(8,9)10;1-2/h(H,11,13)(H,12,14);1-2H2. The quantitative estimate of drug-likeness (QED) is 0.165. The molecule has 0 saturated heterocycles. The minimum Gasteiger partial charge on any atom is -0.854 e. The average molecular weight is 256 g/mol. The third-order valence-corrected chi connectivity index (χ3v) is 0.759. The van der Waals surface area contributed by atoms with Crippen LogP contribution in [0.5, 0.6) is 0 Å². The first-order valence-electron chi connectivity index (χ1n) is 3.15. The molecule has 0 radical (unpaired) electrons. The second-order valence-corrected chi connectivity index (χ2v) is 1.85. The molecule has 0 aliphatic heterocycles. The van der Waals surface area contributed by atoms with E-state index in [4.69, 9.17) is 0 Å². The maximum absolute atomic E-state index is 11.3. The number of halogens is 6. The zero-order chi connectivity index (χ0) is 13.6. The molecular formula is C4H6F6N4O2. The Morgan fingerprint density at radius 2 is 1.50 bits per heavy atom. The van der Waals surface area contributed by atoms with Crippen LogP contribution in [0.4, 0.5) is 26.3 Å². The molecule has 0 rings (SSSR count). The molecule has 0 atom stereocenters. The molecule has 0 heterocycles. The number of nitrogens with zero attached hydrogens (tertiary/aromatic N) is 1. The lowest BCUT2D eigenvalue weighted by atomic mass is 10.6. The van der Waals surface area contributed by atoms with E-state index >= 15 is 0 Å². The number of nitrogens with one attached hydrogen (secondary N) is 1. The smallest absolute Gasteiger partial charge is 0.473 e. The molecule has 0 spiro atoms. The van der Waals surface area contributed by atoms with Crippen LogP contribution in [0.2, 0.25) is 0 Å². The van der Waals surface area contributed by atoms with Crippen LogP contribution < -0.4 is 22.2 Å². The van der Waals surface area contributed by atoms with Crippen LogP contribution in [0.1, 0.15) is 0 Å². The third-order valence-electron chi connectivity index (χ3n) is 0.759. The molecule has 0 aromatic carbocycles. The van der Waals surface area contributed by atoms with Gasteiger partial charge in [0.15, 0.2) is 0 Å². The number of carbonyl (C=O) groups is 1. The molecule has 0 fully saturated rings. The van der Waals surface area contributed by atoms with E-state index in [0.29, 0.717) is 5.43 Å². The predicted octanol–water partition coefficient (Wildman–Crippen LogP) is -2.00. The van der Waals surface area contributed by atoms with Gasteiger partial charge in [-0.25, -0.2) is 5.43 Å². The van der Waals surface area contributed by atoms with Gasteiger partial charge >= 0.3 is 18.3 Å². The fourth-order valence-electron chi connectivity index (χ4n) is 0.228. The molecule has 0 aliphatic carbocycles. The van der Waals surface area contributed by atoms with Gasteiger partial charge in [0.1, 0.15) is 0 Å². The van der Waals surface area contributed by atoms with Gasteiger partial charge in [-0.2, -0.15) is 37.3 Å². The van der Waals surface area contributed by atoms with Gasteiger partial charge in [0.05, 0.1) is 5.90 Å². The van der Waals surface area contributed by atoms with Crippen LogP contribution >= 0.6 is 0 Å². The summed E-state index contributed by atoms with van der Waals surface area (Å²) in [4.78, 5) is 9.85. The van der Waals surface area contributed by atoms with Crippen molar-refractivity contribution in [2.75, 3.05) is 0 Å². The molecule has 6 nitrogen and oxygen atoms in total. The summed E-state index contributed by atoms with van der Waals surface area (Å²) in [5, 5.41) is 11.5. The van der Waals surface area contributed by atoms with Crippen molar-refractivity contribution in [3.63, 3.8) is 0 Å². The van der Waals surface area contributed by atoms with E-state index in [1.165, 1.54) is 0 Å². The van der Waals surface area contributed by atoms with Gasteiger partial charge in [-0.1, -0.05) is 0 Å². The van der Waals surface area contributed by atoms with Gasteiger partial charge in [-0.05, 0) is 0 Å².